The minimum absolute atomic E-state index is 0.0597. The van der Waals surface area contributed by atoms with E-state index in [1.54, 1.807) is 12.1 Å². The molecule has 8 nitrogen and oxygen atoms in total. The molecule has 1 aromatic heterocycles. The normalized spacial score (nSPS) is 14.3. The highest BCUT2D eigenvalue weighted by Crippen LogP contribution is 2.35. The standard InChI is InChI=1S/C25H28ClN5O3S/c1-2-34-22-14-17(8-13-21(22)32)15-27-28-23(33)16-35-25-30-29-24(18-9-11-19(26)12-10-18)31(25)20-6-4-3-5-7-20/h8-15,20,32H,2-7,16H2,1H3,(H,28,33). The highest BCUT2D eigenvalue weighted by atomic mass is 35.5. The first-order valence-electron chi connectivity index (χ1n) is 11.7. The average Bonchev–Trinajstić information content (AvgIpc) is 3.30. The fourth-order valence-corrected chi connectivity index (χ4v) is 4.99. The molecule has 0 atom stereocenters. The summed E-state index contributed by atoms with van der Waals surface area (Å²) in [5.74, 6) is 1.14. The van der Waals surface area contributed by atoms with Crippen LogP contribution in [0.25, 0.3) is 11.4 Å². The number of amides is 1. The lowest BCUT2D eigenvalue weighted by Gasteiger charge is -2.25. The topological polar surface area (TPSA) is 102 Å². The zero-order chi connectivity index (χ0) is 24.6. The Morgan fingerprint density at radius 3 is 2.74 bits per heavy atom. The monoisotopic (exact) mass is 513 g/mol. The molecule has 0 saturated heterocycles. The molecular weight excluding hydrogens is 486 g/mol. The van der Waals surface area contributed by atoms with E-state index < -0.39 is 0 Å². The quantitative estimate of drug-likeness (QED) is 0.224. The number of ether oxygens (including phenoxy) is 1. The third-order valence-corrected chi connectivity index (χ3v) is 6.92. The Hall–Kier alpha value is -3.04. The summed E-state index contributed by atoms with van der Waals surface area (Å²) in [6, 6.07) is 12.8. The summed E-state index contributed by atoms with van der Waals surface area (Å²) in [6.07, 6.45) is 7.23. The number of rotatable bonds is 9. The molecule has 35 heavy (non-hydrogen) atoms. The van der Waals surface area contributed by atoms with Gasteiger partial charge in [-0.15, -0.1) is 10.2 Å². The van der Waals surface area contributed by atoms with E-state index >= 15 is 0 Å². The number of benzene rings is 2. The van der Waals surface area contributed by atoms with Crippen LogP contribution in [0.1, 0.15) is 50.6 Å². The van der Waals surface area contributed by atoms with Gasteiger partial charge in [0.15, 0.2) is 22.5 Å². The maximum Gasteiger partial charge on any atom is 0.250 e. The molecule has 0 spiro atoms. The summed E-state index contributed by atoms with van der Waals surface area (Å²) in [4.78, 5) is 12.4. The van der Waals surface area contributed by atoms with E-state index in [0.29, 0.717) is 29.0 Å². The second-order valence-electron chi connectivity index (χ2n) is 8.22. The Kier molecular flexibility index (Phi) is 8.65. The predicted octanol–water partition coefficient (Wildman–Crippen LogP) is 5.45. The van der Waals surface area contributed by atoms with Crippen LogP contribution >= 0.6 is 23.4 Å². The van der Waals surface area contributed by atoms with Crippen molar-refractivity contribution < 1.29 is 14.6 Å². The zero-order valence-corrected chi connectivity index (χ0v) is 21.1. The lowest BCUT2D eigenvalue weighted by atomic mass is 9.95. The largest absolute Gasteiger partial charge is 0.504 e. The first-order chi connectivity index (χ1) is 17.0. The van der Waals surface area contributed by atoms with Gasteiger partial charge in [0.05, 0.1) is 18.6 Å². The van der Waals surface area contributed by atoms with Gasteiger partial charge in [-0.1, -0.05) is 42.6 Å². The van der Waals surface area contributed by atoms with Crippen LogP contribution in [0.5, 0.6) is 11.5 Å². The zero-order valence-electron chi connectivity index (χ0n) is 19.5. The molecule has 4 rings (SSSR count). The molecule has 1 aliphatic rings. The van der Waals surface area contributed by atoms with Crippen LogP contribution in [0.2, 0.25) is 5.02 Å². The summed E-state index contributed by atoms with van der Waals surface area (Å²) in [5.41, 5.74) is 4.20. The second kappa shape index (κ2) is 12.1. The van der Waals surface area contributed by atoms with Crippen LogP contribution in [0, 0.1) is 0 Å². The van der Waals surface area contributed by atoms with Crippen molar-refractivity contribution in [3.05, 3.63) is 53.1 Å². The van der Waals surface area contributed by atoms with Crippen LogP contribution in [-0.2, 0) is 4.79 Å². The molecule has 2 aromatic carbocycles. The lowest BCUT2D eigenvalue weighted by Crippen LogP contribution is -2.20. The molecule has 1 aliphatic carbocycles. The average molecular weight is 514 g/mol. The Morgan fingerprint density at radius 2 is 2.00 bits per heavy atom. The SMILES string of the molecule is CCOc1cc(C=NNC(=O)CSc2nnc(-c3ccc(Cl)cc3)n2C2CCCCC2)ccc1O. The van der Waals surface area contributed by atoms with Crippen molar-refractivity contribution >= 4 is 35.5 Å². The smallest absolute Gasteiger partial charge is 0.250 e. The van der Waals surface area contributed by atoms with Crippen molar-refractivity contribution in [2.75, 3.05) is 12.4 Å². The van der Waals surface area contributed by atoms with E-state index in [1.165, 1.54) is 43.3 Å². The predicted molar refractivity (Wildman–Crippen MR) is 138 cm³/mol. The number of halogens is 1. The molecule has 1 amide bonds. The molecule has 0 aliphatic heterocycles. The van der Waals surface area contributed by atoms with E-state index in [1.807, 2.05) is 31.2 Å². The van der Waals surface area contributed by atoms with Gasteiger partial charge in [-0.05, 0) is 67.8 Å². The molecule has 1 fully saturated rings. The van der Waals surface area contributed by atoms with Gasteiger partial charge >= 0.3 is 0 Å². The van der Waals surface area contributed by atoms with Crippen LogP contribution < -0.4 is 10.2 Å². The third kappa shape index (κ3) is 6.55. The van der Waals surface area contributed by atoms with Crippen molar-refractivity contribution in [2.24, 2.45) is 5.10 Å². The molecule has 1 saturated carbocycles. The van der Waals surface area contributed by atoms with Crippen LogP contribution in [-0.4, -0.2) is 44.4 Å². The molecule has 1 heterocycles. The second-order valence-corrected chi connectivity index (χ2v) is 9.60. The summed E-state index contributed by atoms with van der Waals surface area (Å²) < 4.78 is 7.54. The van der Waals surface area contributed by atoms with Gasteiger partial charge in [0.2, 0.25) is 0 Å². The minimum atomic E-state index is -0.249. The Labute approximate surface area is 213 Å². The molecule has 0 bridgehead atoms. The first-order valence-corrected chi connectivity index (χ1v) is 13.0. The van der Waals surface area contributed by atoms with E-state index in [0.717, 1.165) is 29.4 Å². The number of nitrogens with zero attached hydrogens (tertiary/aromatic N) is 4. The molecule has 0 radical (unpaired) electrons. The van der Waals surface area contributed by atoms with Crippen LogP contribution in [0.3, 0.4) is 0 Å². The van der Waals surface area contributed by atoms with Gasteiger partial charge in [0, 0.05) is 16.6 Å². The number of aromatic nitrogens is 3. The maximum absolute atomic E-state index is 12.4. The number of aromatic hydroxyl groups is 1. The third-order valence-electron chi connectivity index (χ3n) is 5.73. The first kappa shape index (κ1) is 25.1. The molecular formula is C25H28ClN5O3S. The van der Waals surface area contributed by atoms with E-state index in [4.69, 9.17) is 16.3 Å². The number of phenols is 1. The van der Waals surface area contributed by atoms with Crippen molar-refractivity contribution in [3.63, 3.8) is 0 Å². The number of thioether (sulfide) groups is 1. The molecule has 10 heteroatoms. The molecule has 3 aromatic rings. The van der Waals surface area contributed by atoms with Crippen LogP contribution in [0.15, 0.2) is 52.7 Å². The lowest BCUT2D eigenvalue weighted by molar-refractivity contribution is -0.118. The van der Waals surface area contributed by atoms with Gasteiger partial charge in [-0.3, -0.25) is 9.36 Å². The summed E-state index contributed by atoms with van der Waals surface area (Å²) >= 11 is 7.42. The van der Waals surface area contributed by atoms with E-state index in [9.17, 15) is 9.90 Å². The highest BCUT2D eigenvalue weighted by molar-refractivity contribution is 7.99. The summed E-state index contributed by atoms with van der Waals surface area (Å²) in [5, 5.41) is 24.1. The fraction of sp³-hybridized carbons (Fsp3) is 0.360. The van der Waals surface area contributed by atoms with E-state index in [-0.39, 0.29) is 17.4 Å². The van der Waals surface area contributed by atoms with Gasteiger partial charge in [0.1, 0.15) is 0 Å². The molecule has 184 valence electrons. The highest BCUT2D eigenvalue weighted by Gasteiger charge is 2.24. The number of phenolic OH excluding ortho intramolecular Hbond substituents is 1. The Balaban J connectivity index is 1.42. The number of hydrogen-bond donors (Lipinski definition) is 2. The van der Waals surface area contributed by atoms with Crippen molar-refractivity contribution in [3.8, 4) is 22.9 Å². The minimum Gasteiger partial charge on any atom is -0.504 e. The number of hydrazone groups is 1. The maximum atomic E-state index is 12.4. The Bertz CT molecular complexity index is 1180. The molecule has 2 N–H and O–H groups in total. The summed E-state index contributed by atoms with van der Waals surface area (Å²) in [6.45, 7) is 2.28. The Morgan fingerprint density at radius 1 is 1.23 bits per heavy atom. The van der Waals surface area contributed by atoms with Crippen LogP contribution in [0.4, 0.5) is 0 Å². The number of hydrogen-bond acceptors (Lipinski definition) is 7. The number of carbonyl (C=O) groups excluding carboxylic acids is 1. The number of carbonyl (C=O) groups is 1. The van der Waals surface area contributed by atoms with Crippen molar-refractivity contribution in [2.45, 2.75) is 50.2 Å². The van der Waals surface area contributed by atoms with Gasteiger partial charge in [-0.2, -0.15) is 5.10 Å². The number of nitrogens with one attached hydrogen (secondary N) is 1. The van der Waals surface area contributed by atoms with Crippen molar-refractivity contribution in [1.82, 2.24) is 20.2 Å². The van der Waals surface area contributed by atoms with Crippen molar-refractivity contribution in [1.29, 1.82) is 0 Å². The summed E-state index contributed by atoms with van der Waals surface area (Å²) in [7, 11) is 0. The fourth-order valence-electron chi connectivity index (χ4n) is 4.06. The van der Waals surface area contributed by atoms with E-state index in [2.05, 4.69) is 25.3 Å². The van der Waals surface area contributed by atoms with Gasteiger partial charge in [-0.25, -0.2) is 5.43 Å². The van der Waals surface area contributed by atoms with Gasteiger partial charge in [0.25, 0.3) is 5.91 Å². The molecule has 0 unspecified atom stereocenters. The van der Waals surface area contributed by atoms with Gasteiger partial charge < -0.3 is 9.84 Å².